The Bertz CT molecular complexity index is 248. The zero-order chi connectivity index (χ0) is 9.78. The average Bonchev–Trinajstić information content (AvgIpc) is 1.84. The highest BCUT2D eigenvalue weighted by Gasteiger charge is 2.15. The van der Waals surface area contributed by atoms with Gasteiger partial charge in [-0.25, -0.2) is 8.42 Å². The fourth-order valence-electron chi connectivity index (χ4n) is 0.701. The van der Waals surface area contributed by atoms with E-state index in [0.29, 0.717) is 6.42 Å². The van der Waals surface area contributed by atoms with E-state index < -0.39 is 22.0 Å². The molecule has 6 heteroatoms. The molecular formula is C6H14N2O3S. The molecule has 0 fully saturated rings. The van der Waals surface area contributed by atoms with E-state index in [2.05, 4.69) is 0 Å². The first kappa shape index (κ1) is 11.4. The Labute approximate surface area is 72.4 Å². The lowest BCUT2D eigenvalue weighted by atomic mass is 10.2. The quantitative estimate of drug-likeness (QED) is 0.612. The highest BCUT2D eigenvalue weighted by atomic mass is 32.2. The van der Waals surface area contributed by atoms with Crippen LogP contribution < -0.4 is 10.5 Å². The van der Waals surface area contributed by atoms with Crippen molar-refractivity contribution in [1.82, 2.24) is 4.72 Å². The molecule has 0 saturated heterocycles. The minimum Gasteiger partial charge on any atom is -0.320 e. The van der Waals surface area contributed by atoms with Gasteiger partial charge < -0.3 is 5.73 Å². The SMILES string of the molecule is CCCC(N)C(=O)NS(C)(=O)=O. The van der Waals surface area contributed by atoms with Crippen molar-refractivity contribution < 1.29 is 13.2 Å². The second-order valence-electron chi connectivity index (χ2n) is 2.63. The fraction of sp³-hybridized carbons (Fsp3) is 0.833. The third-order valence-electron chi connectivity index (χ3n) is 1.22. The molecule has 0 aromatic heterocycles. The number of hydrogen-bond acceptors (Lipinski definition) is 4. The summed E-state index contributed by atoms with van der Waals surface area (Å²) in [6.45, 7) is 1.87. The van der Waals surface area contributed by atoms with Crippen molar-refractivity contribution in [3.8, 4) is 0 Å². The molecule has 1 atom stereocenters. The number of nitrogens with one attached hydrogen (secondary N) is 1. The van der Waals surface area contributed by atoms with E-state index in [1.54, 1.807) is 0 Å². The average molecular weight is 194 g/mol. The predicted molar refractivity (Wildman–Crippen MR) is 45.9 cm³/mol. The van der Waals surface area contributed by atoms with Crippen molar-refractivity contribution in [1.29, 1.82) is 0 Å². The van der Waals surface area contributed by atoms with E-state index in [9.17, 15) is 13.2 Å². The van der Waals surface area contributed by atoms with Crippen LogP contribution in [0.15, 0.2) is 0 Å². The molecule has 0 bridgehead atoms. The monoisotopic (exact) mass is 194 g/mol. The maximum Gasteiger partial charge on any atom is 0.250 e. The number of sulfonamides is 1. The van der Waals surface area contributed by atoms with Crippen molar-refractivity contribution >= 4 is 15.9 Å². The molecule has 1 unspecified atom stereocenters. The zero-order valence-corrected chi connectivity index (χ0v) is 8.02. The van der Waals surface area contributed by atoms with Crippen molar-refractivity contribution in [2.24, 2.45) is 5.73 Å². The largest absolute Gasteiger partial charge is 0.320 e. The first-order valence-electron chi connectivity index (χ1n) is 3.64. The van der Waals surface area contributed by atoms with Gasteiger partial charge in [-0.15, -0.1) is 0 Å². The normalized spacial score (nSPS) is 13.9. The van der Waals surface area contributed by atoms with Crippen LogP contribution in [-0.2, 0) is 14.8 Å². The van der Waals surface area contributed by atoms with Crippen molar-refractivity contribution in [3.05, 3.63) is 0 Å². The van der Waals surface area contributed by atoms with E-state index >= 15 is 0 Å². The highest BCUT2D eigenvalue weighted by Crippen LogP contribution is 1.93. The summed E-state index contributed by atoms with van der Waals surface area (Å²) < 4.78 is 22.9. The molecule has 0 saturated carbocycles. The first-order valence-corrected chi connectivity index (χ1v) is 5.53. The van der Waals surface area contributed by atoms with Crippen LogP contribution in [-0.4, -0.2) is 26.6 Å². The number of rotatable bonds is 4. The van der Waals surface area contributed by atoms with E-state index in [0.717, 1.165) is 12.7 Å². The second-order valence-corrected chi connectivity index (χ2v) is 4.38. The van der Waals surface area contributed by atoms with Gasteiger partial charge in [-0.3, -0.25) is 9.52 Å². The molecule has 0 aliphatic heterocycles. The topological polar surface area (TPSA) is 89.3 Å². The summed E-state index contributed by atoms with van der Waals surface area (Å²) in [5.74, 6) is -0.639. The maximum atomic E-state index is 10.9. The van der Waals surface area contributed by atoms with Gasteiger partial charge in [-0.05, 0) is 6.42 Å². The standard InChI is InChI=1S/C6H14N2O3S/c1-3-4-5(7)6(9)8-12(2,10)11/h5H,3-4,7H2,1-2H3,(H,8,9). The van der Waals surface area contributed by atoms with Crippen LogP contribution in [0, 0.1) is 0 Å². The highest BCUT2D eigenvalue weighted by molar-refractivity contribution is 7.89. The molecule has 0 aliphatic rings. The first-order chi connectivity index (χ1) is 5.37. The Morgan fingerprint density at radius 2 is 2.08 bits per heavy atom. The fourth-order valence-corrected chi connectivity index (χ4v) is 1.22. The predicted octanol–water partition coefficient (Wildman–Crippen LogP) is -0.810. The van der Waals surface area contributed by atoms with Crippen LogP contribution in [0.5, 0.6) is 0 Å². The molecule has 0 heterocycles. The Balaban J connectivity index is 4.05. The molecule has 0 rings (SSSR count). The number of carbonyl (C=O) groups excluding carboxylic acids is 1. The van der Waals surface area contributed by atoms with Crippen LogP contribution in [0.25, 0.3) is 0 Å². The van der Waals surface area contributed by atoms with Crippen LogP contribution in [0.2, 0.25) is 0 Å². The lowest BCUT2D eigenvalue weighted by molar-refractivity contribution is -0.120. The van der Waals surface area contributed by atoms with E-state index in [4.69, 9.17) is 5.73 Å². The summed E-state index contributed by atoms with van der Waals surface area (Å²) in [7, 11) is -3.47. The smallest absolute Gasteiger partial charge is 0.250 e. The molecule has 0 aliphatic carbocycles. The maximum absolute atomic E-state index is 10.9. The van der Waals surface area contributed by atoms with Gasteiger partial charge in [0.25, 0.3) is 0 Å². The molecule has 0 aromatic rings. The van der Waals surface area contributed by atoms with Crippen molar-refractivity contribution in [2.45, 2.75) is 25.8 Å². The molecule has 1 amide bonds. The summed E-state index contributed by atoms with van der Waals surface area (Å²) in [5.41, 5.74) is 5.36. The van der Waals surface area contributed by atoms with Crippen LogP contribution in [0.3, 0.4) is 0 Å². The molecule has 12 heavy (non-hydrogen) atoms. The minimum absolute atomic E-state index is 0.487. The lowest BCUT2D eigenvalue weighted by Crippen LogP contribution is -2.42. The second kappa shape index (κ2) is 4.42. The Kier molecular flexibility index (Phi) is 4.19. The summed E-state index contributed by atoms with van der Waals surface area (Å²) in [6, 6.07) is -0.732. The van der Waals surface area contributed by atoms with Crippen LogP contribution in [0.1, 0.15) is 19.8 Å². The van der Waals surface area contributed by atoms with Gasteiger partial charge in [-0.1, -0.05) is 13.3 Å². The third-order valence-corrected chi connectivity index (χ3v) is 1.79. The minimum atomic E-state index is -3.47. The van der Waals surface area contributed by atoms with Gasteiger partial charge in [0, 0.05) is 0 Å². The van der Waals surface area contributed by atoms with E-state index in [1.165, 1.54) is 0 Å². The molecular weight excluding hydrogens is 180 g/mol. The van der Waals surface area contributed by atoms with Gasteiger partial charge in [0.05, 0.1) is 12.3 Å². The van der Waals surface area contributed by atoms with Crippen molar-refractivity contribution in [3.63, 3.8) is 0 Å². The molecule has 0 spiro atoms. The van der Waals surface area contributed by atoms with Gasteiger partial charge in [0.2, 0.25) is 15.9 Å². The van der Waals surface area contributed by atoms with Gasteiger partial charge >= 0.3 is 0 Å². The van der Waals surface area contributed by atoms with Crippen molar-refractivity contribution in [2.75, 3.05) is 6.26 Å². The number of carbonyl (C=O) groups is 1. The summed E-state index contributed by atoms with van der Waals surface area (Å²) in [6.07, 6.45) is 2.16. The Morgan fingerprint density at radius 1 is 1.58 bits per heavy atom. The molecule has 0 aromatic carbocycles. The van der Waals surface area contributed by atoms with Gasteiger partial charge in [-0.2, -0.15) is 0 Å². The molecule has 3 N–H and O–H groups in total. The summed E-state index contributed by atoms with van der Waals surface area (Å²) >= 11 is 0. The molecule has 72 valence electrons. The number of nitrogens with two attached hydrogens (primary N) is 1. The Hall–Kier alpha value is -0.620. The number of amides is 1. The summed E-state index contributed by atoms with van der Waals surface area (Å²) in [4.78, 5) is 10.9. The molecule has 5 nitrogen and oxygen atoms in total. The van der Waals surface area contributed by atoms with Crippen LogP contribution >= 0.6 is 0 Å². The summed E-state index contributed by atoms with van der Waals surface area (Å²) in [5, 5.41) is 0. The van der Waals surface area contributed by atoms with E-state index in [-0.39, 0.29) is 0 Å². The van der Waals surface area contributed by atoms with Gasteiger partial charge in [0.1, 0.15) is 0 Å². The van der Waals surface area contributed by atoms with Crippen LogP contribution in [0.4, 0.5) is 0 Å². The third kappa shape index (κ3) is 5.09. The lowest BCUT2D eigenvalue weighted by Gasteiger charge is -2.08. The molecule has 0 radical (unpaired) electrons. The number of hydrogen-bond donors (Lipinski definition) is 2. The van der Waals surface area contributed by atoms with E-state index in [1.807, 2.05) is 11.6 Å². The zero-order valence-electron chi connectivity index (χ0n) is 7.20. The van der Waals surface area contributed by atoms with Gasteiger partial charge in [0.15, 0.2) is 0 Å². The Morgan fingerprint density at radius 3 is 2.42 bits per heavy atom.